The van der Waals surface area contributed by atoms with E-state index in [2.05, 4.69) is 24.4 Å². The van der Waals surface area contributed by atoms with E-state index in [9.17, 15) is 9.59 Å². The molecule has 1 amide bonds. The summed E-state index contributed by atoms with van der Waals surface area (Å²) >= 11 is 0. The molecule has 1 N–H and O–H groups in total. The molecule has 0 radical (unpaired) electrons. The molecule has 1 fully saturated rings. The van der Waals surface area contributed by atoms with Gasteiger partial charge in [0.05, 0.1) is 12.5 Å². The first-order chi connectivity index (χ1) is 12.7. The summed E-state index contributed by atoms with van der Waals surface area (Å²) in [6, 6.07) is 10.2. The Balaban J connectivity index is 2.08. The van der Waals surface area contributed by atoms with Gasteiger partial charge in [0.15, 0.2) is 0 Å². The van der Waals surface area contributed by atoms with Crippen molar-refractivity contribution in [3.63, 3.8) is 0 Å². The number of hydrogen-bond donors (Lipinski definition) is 1. The van der Waals surface area contributed by atoms with Crippen LogP contribution in [-0.4, -0.2) is 48.3 Å². The fourth-order valence-electron chi connectivity index (χ4n) is 3.29. The largest absolute Gasteiger partial charge is 0.466 e. The Morgan fingerprint density at radius 1 is 1.26 bits per heavy atom. The first kappa shape index (κ1) is 21.2. The summed E-state index contributed by atoms with van der Waals surface area (Å²) in [7, 11) is 0. The Hall–Kier alpha value is -2.08. The first-order valence-corrected chi connectivity index (χ1v) is 9.67. The zero-order valence-electron chi connectivity index (χ0n) is 17.0. The van der Waals surface area contributed by atoms with Crippen molar-refractivity contribution in [1.29, 1.82) is 0 Å². The molecule has 2 rings (SSSR count). The molecule has 150 valence electrons. The van der Waals surface area contributed by atoms with Gasteiger partial charge in [0.1, 0.15) is 5.60 Å². The van der Waals surface area contributed by atoms with Gasteiger partial charge in [-0.2, -0.15) is 0 Å². The Morgan fingerprint density at radius 2 is 1.93 bits per heavy atom. The van der Waals surface area contributed by atoms with E-state index in [-0.39, 0.29) is 24.1 Å². The second kappa shape index (κ2) is 9.22. The van der Waals surface area contributed by atoms with Crippen molar-refractivity contribution in [1.82, 2.24) is 10.2 Å². The minimum Gasteiger partial charge on any atom is -0.466 e. The Morgan fingerprint density at radius 3 is 2.52 bits per heavy atom. The summed E-state index contributed by atoms with van der Waals surface area (Å²) in [4.78, 5) is 26.6. The quantitative estimate of drug-likeness (QED) is 0.797. The summed E-state index contributed by atoms with van der Waals surface area (Å²) in [5.41, 5.74) is 0.600. The van der Waals surface area contributed by atoms with E-state index in [1.54, 1.807) is 11.8 Å². The minimum atomic E-state index is -0.562. The Labute approximate surface area is 162 Å². The van der Waals surface area contributed by atoms with Crippen LogP contribution in [0.15, 0.2) is 30.3 Å². The van der Waals surface area contributed by atoms with Gasteiger partial charge in [0.2, 0.25) is 0 Å². The van der Waals surface area contributed by atoms with E-state index in [1.807, 2.05) is 39.0 Å². The topological polar surface area (TPSA) is 67.9 Å². The van der Waals surface area contributed by atoms with E-state index in [4.69, 9.17) is 9.47 Å². The normalized spacial score (nSPS) is 21.4. The molecule has 3 atom stereocenters. The van der Waals surface area contributed by atoms with Crippen molar-refractivity contribution < 1.29 is 19.1 Å². The highest BCUT2D eigenvalue weighted by Crippen LogP contribution is 2.24. The minimum absolute atomic E-state index is 0.0575. The number of nitrogens with one attached hydrogen (secondary N) is 1. The highest BCUT2D eigenvalue weighted by molar-refractivity contribution is 5.76. The highest BCUT2D eigenvalue weighted by Gasteiger charge is 2.38. The number of carbonyl (C=O) groups is 2. The fraction of sp³-hybridized carbons (Fsp3) is 0.619. The maximum Gasteiger partial charge on any atom is 0.410 e. The van der Waals surface area contributed by atoms with Crippen LogP contribution in [0.25, 0.3) is 0 Å². The lowest BCUT2D eigenvalue weighted by Gasteiger charge is -2.39. The van der Waals surface area contributed by atoms with Crippen molar-refractivity contribution >= 4 is 12.1 Å². The van der Waals surface area contributed by atoms with Gasteiger partial charge >= 0.3 is 12.1 Å². The molecule has 0 aromatic heterocycles. The predicted octanol–water partition coefficient (Wildman–Crippen LogP) is 3.53. The van der Waals surface area contributed by atoms with Crippen LogP contribution in [0.4, 0.5) is 4.79 Å². The van der Waals surface area contributed by atoms with Crippen molar-refractivity contribution in [2.75, 3.05) is 19.7 Å². The number of amides is 1. The van der Waals surface area contributed by atoms with Crippen LogP contribution in [0.5, 0.6) is 0 Å². The SMILES string of the molecule is CCOC(=O)[C@H]1CN(C(=O)OC(C)(C)C)CC[C@@H]1N[C@@H](C)c1ccccc1. The molecule has 1 aromatic carbocycles. The molecule has 1 saturated heterocycles. The first-order valence-electron chi connectivity index (χ1n) is 9.67. The zero-order valence-corrected chi connectivity index (χ0v) is 17.0. The summed E-state index contributed by atoms with van der Waals surface area (Å²) in [5.74, 6) is -0.694. The van der Waals surface area contributed by atoms with Gasteiger partial charge in [-0.1, -0.05) is 30.3 Å². The molecular formula is C21H32N2O4. The standard InChI is InChI=1S/C21H32N2O4/c1-6-26-19(24)17-14-23(20(25)27-21(3,4)5)13-12-18(17)22-15(2)16-10-8-7-9-11-16/h7-11,15,17-18,22H,6,12-14H2,1-5H3/t15-,17-,18-/m0/s1. The molecule has 0 saturated carbocycles. The van der Waals surface area contributed by atoms with Crippen molar-refractivity contribution in [3.05, 3.63) is 35.9 Å². The fourth-order valence-corrected chi connectivity index (χ4v) is 3.29. The molecule has 1 heterocycles. The summed E-state index contributed by atoms with van der Waals surface area (Å²) < 4.78 is 10.7. The molecule has 1 aromatic rings. The number of ether oxygens (including phenoxy) is 2. The molecule has 6 nitrogen and oxygen atoms in total. The number of carbonyl (C=O) groups excluding carboxylic acids is 2. The van der Waals surface area contributed by atoms with E-state index in [0.717, 1.165) is 5.56 Å². The van der Waals surface area contributed by atoms with E-state index in [1.165, 1.54) is 0 Å². The molecule has 27 heavy (non-hydrogen) atoms. The van der Waals surface area contributed by atoms with Crippen LogP contribution in [0, 0.1) is 5.92 Å². The molecular weight excluding hydrogens is 344 g/mol. The van der Waals surface area contributed by atoms with Gasteiger partial charge in [-0.3, -0.25) is 4.79 Å². The van der Waals surface area contributed by atoms with Crippen LogP contribution in [0.1, 0.15) is 52.6 Å². The summed E-state index contributed by atoms with van der Waals surface area (Å²) in [6.45, 7) is 10.6. The molecule has 1 aliphatic heterocycles. The molecule has 1 aliphatic rings. The second-order valence-corrected chi connectivity index (χ2v) is 7.98. The van der Waals surface area contributed by atoms with Crippen LogP contribution < -0.4 is 5.32 Å². The lowest BCUT2D eigenvalue weighted by atomic mass is 9.91. The second-order valence-electron chi connectivity index (χ2n) is 7.98. The van der Waals surface area contributed by atoms with Crippen LogP contribution in [0.3, 0.4) is 0 Å². The maximum atomic E-state index is 12.5. The van der Waals surface area contributed by atoms with E-state index >= 15 is 0 Å². The number of esters is 1. The average molecular weight is 376 g/mol. The van der Waals surface area contributed by atoms with Crippen molar-refractivity contribution in [3.8, 4) is 0 Å². The number of nitrogens with zero attached hydrogens (tertiary/aromatic N) is 1. The van der Waals surface area contributed by atoms with Crippen molar-refractivity contribution in [2.24, 2.45) is 5.92 Å². The van der Waals surface area contributed by atoms with Crippen LogP contribution in [-0.2, 0) is 14.3 Å². The van der Waals surface area contributed by atoms with Crippen LogP contribution >= 0.6 is 0 Å². The highest BCUT2D eigenvalue weighted by atomic mass is 16.6. The average Bonchev–Trinajstić information content (AvgIpc) is 2.61. The molecule has 0 bridgehead atoms. The van der Waals surface area contributed by atoms with Gasteiger partial charge in [-0.25, -0.2) is 4.79 Å². The summed E-state index contributed by atoms with van der Waals surface area (Å²) in [6.07, 6.45) is 0.284. The maximum absolute atomic E-state index is 12.5. The third kappa shape index (κ3) is 6.24. The van der Waals surface area contributed by atoms with Gasteiger partial charge in [-0.05, 0) is 46.6 Å². The number of benzene rings is 1. The monoisotopic (exact) mass is 376 g/mol. The Kier molecular flexibility index (Phi) is 7.25. The molecule has 0 unspecified atom stereocenters. The lowest BCUT2D eigenvalue weighted by Crippen LogP contribution is -2.55. The third-order valence-electron chi connectivity index (χ3n) is 4.62. The number of likely N-dealkylation sites (tertiary alicyclic amines) is 1. The van der Waals surface area contributed by atoms with Crippen LogP contribution in [0.2, 0.25) is 0 Å². The number of piperidine rings is 1. The van der Waals surface area contributed by atoms with E-state index < -0.39 is 11.5 Å². The van der Waals surface area contributed by atoms with Gasteiger partial charge in [0, 0.05) is 25.2 Å². The molecule has 6 heteroatoms. The summed E-state index contributed by atoms with van der Waals surface area (Å²) in [5, 5.41) is 3.55. The van der Waals surface area contributed by atoms with Crippen molar-refractivity contribution in [2.45, 2.75) is 58.7 Å². The number of rotatable bonds is 5. The number of hydrogen-bond acceptors (Lipinski definition) is 5. The third-order valence-corrected chi connectivity index (χ3v) is 4.62. The lowest BCUT2D eigenvalue weighted by molar-refractivity contribution is -0.151. The van der Waals surface area contributed by atoms with Gasteiger partial charge in [-0.15, -0.1) is 0 Å². The molecule has 0 spiro atoms. The van der Waals surface area contributed by atoms with Gasteiger partial charge < -0.3 is 19.7 Å². The predicted molar refractivity (Wildman–Crippen MR) is 104 cm³/mol. The van der Waals surface area contributed by atoms with E-state index in [0.29, 0.717) is 26.1 Å². The smallest absolute Gasteiger partial charge is 0.410 e. The zero-order chi connectivity index (χ0) is 20.0. The Bertz CT molecular complexity index is 627. The van der Waals surface area contributed by atoms with Gasteiger partial charge in [0.25, 0.3) is 0 Å². The molecule has 0 aliphatic carbocycles.